The lowest BCUT2D eigenvalue weighted by atomic mass is 9.74. The maximum absolute atomic E-state index is 5.36. The number of hydrogen-bond acceptors (Lipinski definition) is 2. The first-order valence-corrected chi connectivity index (χ1v) is 7.48. The van der Waals surface area contributed by atoms with Crippen molar-refractivity contribution in [3.8, 4) is 0 Å². The smallest absolute Gasteiger partial charge is 0.162 e. The third-order valence-electron chi connectivity index (χ3n) is 4.06. The van der Waals surface area contributed by atoms with Crippen LogP contribution in [0.25, 0.3) is 0 Å². The van der Waals surface area contributed by atoms with Crippen molar-refractivity contribution >= 4 is 0 Å². The largest absolute Gasteiger partial charge is 0.350 e. The predicted molar refractivity (Wildman–Crippen MR) is 76.6 cm³/mol. The van der Waals surface area contributed by atoms with Gasteiger partial charge in [-0.3, -0.25) is 0 Å². The molecule has 1 saturated carbocycles. The number of rotatable bonds is 0. The van der Waals surface area contributed by atoms with Gasteiger partial charge in [-0.15, -0.1) is 0 Å². The first-order chi connectivity index (χ1) is 8.20. The lowest BCUT2D eigenvalue weighted by Crippen LogP contribution is -2.38. The van der Waals surface area contributed by atoms with Crippen molar-refractivity contribution in [1.82, 2.24) is 0 Å². The molecule has 0 radical (unpaired) electrons. The lowest BCUT2D eigenvalue weighted by molar-refractivity contribution is -0.259. The molecule has 0 amide bonds. The fourth-order valence-corrected chi connectivity index (χ4v) is 2.32. The highest BCUT2D eigenvalue weighted by atomic mass is 16.7. The quantitative estimate of drug-likeness (QED) is 0.629. The van der Waals surface area contributed by atoms with Crippen LogP contribution in [0.15, 0.2) is 0 Å². The highest BCUT2D eigenvalue weighted by Crippen LogP contribution is 2.37. The van der Waals surface area contributed by atoms with E-state index in [1.165, 1.54) is 25.7 Å². The molecule has 1 saturated heterocycles. The Morgan fingerprint density at radius 3 is 1.56 bits per heavy atom. The van der Waals surface area contributed by atoms with E-state index in [4.69, 9.17) is 9.47 Å². The number of hydrogen-bond donors (Lipinski definition) is 0. The molecule has 2 rings (SSSR count). The summed E-state index contributed by atoms with van der Waals surface area (Å²) in [5.41, 5.74) is 0.659. The molecule has 0 aromatic rings. The summed E-state index contributed by atoms with van der Waals surface area (Å²) in [5, 5.41) is 0. The fraction of sp³-hybridized carbons (Fsp3) is 1.00. The molecular formula is C16H32O2. The topological polar surface area (TPSA) is 18.5 Å². The van der Waals surface area contributed by atoms with E-state index < -0.39 is 0 Å². The fourth-order valence-electron chi connectivity index (χ4n) is 2.32. The molecule has 2 fully saturated rings. The molecule has 0 N–H and O–H groups in total. The average molecular weight is 256 g/mol. The SMILES string of the molecule is CC1CCC(C)(C)CC1.CC1COC(C)(C)OC1. The molecule has 108 valence electrons. The highest BCUT2D eigenvalue weighted by molar-refractivity contribution is 4.76. The van der Waals surface area contributed by atoms with Crippen LogP contribution in [0, 0.1) is 17.3 Å². The van der Waals surface area contributed by atoms with Crippen LogP contribution in [0.2, 0.25) is 0 Å². The van der Waals surface area contributed by atoms with E-state index in [1.54, 1.807) is 0 Å². The lowest BCUT2D eigenvalue weighted by Gasteiger charge is -2.33. The Hall–Kier alpha value is -0.0800. The summed E-state index contributed by atoms with van der Waals surface area (Å²) in [5.74, 6) is 1.21. The van der Waals surface area contributed by atoms with Crippen molar-refractivity contribution < 1.29 is 9.47 Å². The molecule has 0 aromatic carbocycles. The van der Waals surface area contributed by atoms with Gasteiger partial charge < -0.3 is 9.47 Å². The molecule has 1 heterocycles. The van der Waals surface area contributed by atoms with Crippen molar-refractivity contribution in [3.05, 3.63) is 0 Å². The molecule has 0 aromatic heterocycles. The van der Waals surface area contributed by atoms with Crippen molar-refractivity contribution in [2.24, 2.45) is 17.3 Å². The van der Waals surface area contributed by atoms with Crippen molar-refractivity contribution in [2.45, 2.75) is 73.0 Å². The van der Waals surface area contributed by atoms with Gasteiger partial charge in [0.25, 0.3) is 0 Å². The van der Waals surface area contributed by atoms with Gasteiger partial charge in [-0.2, -0.15) is 0 Å². The van der Waals surface area contributed by atoms with Gasteiger partial charge in [0, 0.05) is 5.92 Å². The second kappa shape index (κ2) is 6.38. The van der Waals surface area contributed by atoms with E-state index in [0.717, 1.165) is 19.1 Å². The van der Waals surface area contributed by atoms with Crippen molar-refractivity contribution in [2.75, 3.05) is 13.2 Å². The van der Waals surface area contributed by atoms with Crippen LogP contribution in [-0.2, 0) is 9.47 Å². The zero-order valence-electron chi connectivity index (χ0n) is 13.2. The van der Waals surface area contributed by atoms with E-state index >= 15 is 0 Å². The molecular weight excluding hydrogens is 224 g/mol. The number of ether oxygens (including phenoxy) is 2. The summed E-state index contributed by atoms with van der Waals surface area (Å²) in [4.78, 5) is 0. The van der Waals surface area contributed by atoms with Crippen LogP contribution in [0.5, 0.6) is 0 Å². The van der Waals surface area contributed by atoms with E-state index in [0.29, 0.717) is 11.3 Å². The van der Waals surface area contributed by atoms with Crippen LogP contribution in [-0.4, -0.2) is 19.0 Å². The van der Waals surface area contributed by atoms with Gasteiger partial charge in [0.1, 0.15) is 0 Å². The van der Waals surface area contributed by atoms with Gasteiger partial charge >= 0.3 is 0 Å². The minimum atomic E-state index is -0.341. The Balaban J connectivity index is 0.000000180. The van der Waals surface area contributed by atoms with Crippen LogP contribution >= 0.6 is 0 Å². The van der Waals surface area contributed by atoms with Crippen LogP contribution in [0.3, 0.4) is 0 Å². The minimum Gasteiger partial charge on any atom is -0.350 e. The van der Waals surface area contributed by atoms with E-state index in [1.807, 2.05) is 13.8 Å². The first-order valence-electron chi connectivity index (χ1n) is 7.48. The van der Waals surface area contributed by atoms with E-state index in [2.05, 4.69) is 27.7 Å². The molecule has 0 spiro atoms. The summed E-state index contributed by atoms with van der Waals surface area (Å²) in [6.07, 6.45) is 5.78. The first kappa shape index (κ1) is 16.0. The molecule has 1 aliphatic heterocycles. The minimum absolute atomic E-state index is 0.341. The normalized spacial score (nSPS) is 28.3. The Labute approximate surface area is 113 Å². The summed E-state index contributed by atoms with van der Waals surface area (Å²) in [6, 6.07) is 0. The second-order valence-corrected chi connectivity index (χ2v) is 7.47. The summed E-state index contributed by atoms with van der Waals surface area (Å²) < 4.78 is 10.7. The predicted octanol–water partition coefficient (Wildman–Crippen LogP) is 4.63. The summed E-state index contributed by atoms with van der Waals surface area (Å²) >= 11 is 0. The zero-order chi connectivity index (χ0) is 13.8. The van der Waals surface area contributed by atoms with Crippen LogP contribution in [0.1, 0.15) is 67.2 Å². The molecule has 1 aliphatic carbocycles. The maximum atomic E-state index is 5.36. The Morgan fingerprint density at radius 2 is 1.22 bits per heavy atom. The molecule has 0 atom stereocenters. The van der Waals surface area contributed by atoms with Gasteiger partial charge in [0.05, 0.1) is 13.2 Å². The molecule has 2 aliphatic rings. The third kappa shape index (κ3) is 6.19. The third-order valence-corrected chi connectivity index (χ3v) is 4.06. The van der Waals surface area contributed by atoms with Gasteiger partial charge in [0.15, 0.2) is 5.79 Å². The standard InChI is InChI=1S/C9H18.C7H14O2/c1-8-4-6-9(2,3)7-5-8;1-6-4-8-7(2,3)9-5-6/h8H,4-7H2,1-3H3;6H,4-5H2,1-3H3. The zero-order valence-corrected chi connectivity index (χ0v) is 13.2. The molecule has 2 heteroatoms. The summed E-state index contributed by atoms with van der Waals surface area (Å²) in [7, 11) is 0. The van der Waals surface area contributed by atoms with Gasteiger partial charge in [-0.05, 0) is 38.0 Å². The summed E-state index contributed by atoms with van der Waals surface area (Å²) in [6.45, 7) is 14.8. The molecule has 18 heavy (non-hydrogen) atoms. The molecule has 0 unspecified atom stereocenters. The van der Waals surface area contributed by atoms with Crippen LogP contribution in [0.4, 0.5) is 0 Å². The molecule has 2 nitrogen and oxygen atoms in total. The second-order valence-electron chi connectivity index (χ2n) is 7.47. The van der Waals surface area contributed by atoms with Gasteiger partial charge in [-0.1, -0.05) is 40.5 Å². The van der Waals surface area contributed by atoms with E-state index in [-0.39, 0.29) is 5.79 Å². The Morgan fingerprint density at radius 1 is 0.778 bits per heavy atom. The Bertz CT molecular complexity index is 199. The maximum Gasteiger partial charge on any atom is 0.162 e. The monoisotopic (exact) mass is 256 g/mol. The van der Waals surface area contributed by atoms with Crippen molar-refractivity contribution in [3.63, 3.8) is 0 Å². The van der Waals surface area contributed by atoms with Gasteiger partial charge in [0.2, 0.25) is 0 Å². The van der Waals surface area contributed by atoms with E-state index in [9.17, 15) is 0 Å². The van der Waals surface area contributed by atoms with Crippen molar-refractivity contribution in [1.29, 1.82) is 0 Å². The Kier molecular flexibility index (Phi) is 5.67. The van der Waals surface area contributed by atoms with Gasteiger partial charge in [-0.25, -0.2) is 0 Å². The highest BCUT2D eigenvalue weighted by Gasteiger charge is 2.25. The van der Waals surface area contributed by atoms with Crippen LogP contribution < -0.4 is 0 Å². The molecule has 0 bridgehead atoms. The average Bonchev–Trinajstić information content (AvgIpc) is 2.28.